The topological polar surface area (TPSA) is 42.4 Å². The molecule has 20 heavy (non-hydrogen) atoms. The normalized spacial score (nSPS) is 10.2. The highest BCUT2D eigenvalue weighted by molar-refractivity contribution is 6.35. The van der Waals surface area contributed by atoms with Crippen molar-refractivity contribution in [1.82, 2.24) is 4.98 Å². The minimum Gasteiger partial charge on any atom is -0.466 e. The maximum absolute atomic E-state index is 12.0. The van der Waals surface area contributed by atoms with Crippen molar-refractivity contribution >= 4 is 34.8 Å². The summed E-state index contributed by atoms with van der Waals surface area (Å²) in [6.07, 6.45) is 1.41. The number of carbonyl (C=O) groups is 1. The Morgan fingerprint density at radius 3 is 2.65 bits per heavy atom. The van der Waals surface area contributed by atoms with Gasteiger partial charge in [-0.3, -0.25) is 4.79 Å². The fraction of sp³-hybridized carbons (Fsp3) is 0.143. The van der Waals surface area contributed by atoms with E-state index in [1.54, 1.807) is 7.05 Å². The van der Waals surface area contributed by atoms with E-state index in [1.807, 2.05) is 30.3 Å². The Morgan fingerprint density at radius 2 is 2.00 bits per heavy atom. The fourth-order valence-corrected chi connectivity index (χ4v) is 1.97. The van der Waals surface area contributed by atoms with Crippen molar-refractivity contribution in [1.29, 1.82) is 0 Å². The van der Waals surface area contributed by atoms with Gasteiger partial charge in [-0.25, -0.2) is 4.98 Å². The predicted octanol–water partition coefficient (Wildman–Crippen LogP) is 3.43. The molecule has 0 aliphatic rings. The molecular formula is C14H12Cl2N2O2. The van der Waals surface area contributed by atoms with Gasteiger partial charge in [-0.05, 0) is 18.2 Å². The molecule has 0 bridgehead atoms. The first-order valence-corrected chi connectivity index (χ1v) is 6.59. The van der Waals surface area contributed by atoms with Crippen LogP contribution in [0.25, 0.3) is 0 Å². The third-order valence-corrected chi connectivity index (χ3v) is 3.10. The SMILES string of the molecule is CN(C(=O)COc1ncc(Cl)cc1Cl)c1ccccc1. The van der Waals surface area contributed by atoms with E-state index >= 15 is 0 Å². The number of aromatic nitrogens is 1. The molecule has 0 N–H and O–H groups in total. The number of nitrogens with zero attached hydrogens (tertiary/aromatic N) is 2. The van der Waals surface area contributed by atoms with Crippen LogP contribution in [0.15, 0.2) is 42.6 Å². The molecule has 1 aromatic heterocycles. The van der Waals surface area contributed by atoms with Crippen molar-refractivity contribution in [3.63, 3.8) is 0 Å². The molecule has 0 saturated carbocycles. The standard InChI is InChI=1S/C14H12Cl2N2O2/c1-18(11-5-3-2-4-6-11)13(19)9-20-14-12(16)7-10(15)8-17-14/h2-8H,9H2,1H3. The van der Waals surface area contributed by atoms with Gasteiger partial charge in [0.2, 0.25) is 5.88 Å². The Bertz CT molecular complexity index is 605. The number of hydrogen-bond donors (Lipinski definition) is 0. The Hall–Kier alpha value is -1.78. The van der Waals surface area contributed by atoms with E-state index in [9.17, 15) is 4.79 Å². The summed E-state index contributed by atoms with van der Waals surface area (Å²) in [6.45, 7) is -0.153. The number of pyridine rings is 1. The van der Waals surface area contributed by atoms with Crippen molar-refractivity contribution in [2.75, 3.05) is 18.6 Å². The van der Waals surface area contributed by atoms with Crippen LogP contribution in [-0.2, 0) is 4.79 Å². The quantitative estimate of drug-likeness (QED) is 0.869. The van der Waals surface area contributed by atoms with Crippen LogP contribution in [-0.4, -0.2) is 24.5 Å². The number of rotatable bonds is 4. The van der Waals surface area contributed by atoms with Crippen molar-refractivity contribution in [2.24, 2.45) is 0 Å². The monoisotopic (exact) mass is 310 g/mol. The first kappa shape index (κ1) is 14.6. The lowest BCUT2D eigenvalue weighted by molar-refractivity contribution is -0.120. The average molecular weight is 311 g/mol. The third-order valence-electron chi connectivity index (χ3n) is 2.62. The number of para-hydroxylation sites is 1. The Labute approximate surface area is 126 Å². The summed E-state index contributed by atoms with van der Waals surface area (Å²) in [7, 11) is 1.68. The molecule has 0 spiro atoms. The van der Waals surface area contributed by atoms with Crippen LogP contribution in [0.4, 0.5) is 5.69 Å². The van der Waals surface area contributed by atoms with E-state index in [0.29, 0.717) is 5.02 Å². The molecule has 0 saturated heterocycles. The number of halogens is 2. The van der Waals surface area contributed by atoms with Gasteiger partial charge >= 0.3 is 0 Å². The van der Waals surface area contributed by atoms with Gasteiger partial charge in [0.05, 0.1) is 5.02 Å². The molecule has 104 valence electrons. The number of hydrogen-bond acceptors (Lipinski definition) is 3. The van der Waals surface area contributed by atoms with E-state index < -0.39 is 0 Å². The van der Waals surface area contributed by atoms with Crippen LogP contribution in [0, 0.1) is 0 Å². The zero-order valence-corrected chi connectivity index (χ0v) is 12.2. The largest absolute Gasteiger partial charge is 0.466 e. The van der Waals surface area contributed by atoms with Gasteiger partial charge in [-0.15, -0.1) is 0 Å². The second-order valence-corrected chi connectivity index (χ2v) is 4.86. The molecule has 1 aromatic carbocycles. The molecule has 6 heteroatoms. The molecule has 0 aliphatic heterocycles. The molecule has 2 rings (SSSR count). The summed E-state index contributed by atoms with van der Waals surface area (Å²) in [5.41, 5.74) is 0.788. The minimum absolute atomic E-state index is 0.153. The fourth-order valence-electron chi connectivity index (χ4n) is 1.53. The number of anilines is 1. The third kappa shape index (κ3) is 3.62. The lowest BCUT2D eigenvalue weighted by atomic mass is 10.3. The van der Waals surface area contributed by atoms with Crippen molar-refractivity contribution in [2.45, 2.75) is 0 Å². The summed E-state index contributed by atoms with van der Waals surface area (Å²) in [5.74, 6) is -0.0186. The van der Waals surface area contributed by atoms with Crippen LogP contribution in [0.1, 0.15) is 0 Å². The summed E-state index contributed by atoms with van der Waals surface area (Å²) in [5, 5.41) is 0.683. The highest BCUT2D eigenvalue weighted by atomic mass is 35.5. The minimum atomic E-state index is -0.205. The zero-order valence-electron chi connectivity index (χ0n) is 10.7. The number of likely N-dealkylation sites (N-methyl/N-ethyl adjacent to an activating group) is 1. The maximum Gasteiger partial charge on any atom is 0.264 e. The van der Waals surface area contributed by atoms with Gasteiger partial charge in [0.1, 0.15) is 5.02 Å². The van der Waals surface area contributed by atoms with Crippen LogP contribution < -0.4 is 9.64 Å². The summed E-state index contributed by atoms with van der Waals surface area (Å²) in [4.78, 5) is 17.4. The predicted molar refractivity (Wildman–Crippen MR) is 79.6 cm³/mol. The van der Waals surface area contributed by atoms with Crippen LogP contribution in [0.5, 0.6) is 5.88 Å². The molecule has 0 atom stereocenters. The van der Waals surface area contributed by atoms with Gasteiger partial charge in [-0.2, -0.15) is 0 Å². The highest BCUT2D eigenvalue weighted by Crippen LogP contribution is 2.24. The molecule has 1 amide bonds. The second kappa shape index (κ2) is 6.59. The molecule has 1 heterocycles. The molecule has 0 aliphatic carbocycles. The maximum atomic E-state index is 12.0. The zero-order chi connectivity index (χ0) is 14.5. The summed E-state index contributed by atoms with van der Waals surface area (Å²) < 4.78 is 5.30. The molecule has 0 unspecified atom stereocenters. The average Bonchev–Trinajstić information content (AvgIpc) is 2.46. The van der Waals surface area contributed by atoms with Crippen LogP contribution in [0.3, 0.4) is 0 Å². The lowest BCUT2D eigenvalue weighted by Crippen LogP contribution is -2.31. The second-order valence-electron chi connectivity index (χ2n) is 4.02. The molecule has 2 aromatic rings. The molecule has 0 radical (unpaired) electrons. The Morgan fingerprint density at radius 1 is 1.30 bits per heavy atom. The van der Waals surface area contributed by atoms with E-state index in [-0.39, 0.29) is 23.4 Å². The number of amides is 1. The van der Waals surface area contributed by atoms with E-state index in [0.717, 1.165) is 5.69 Å². The summed E-state index contributed by atoms with van der Waals surface area (Å²) in [6, 6.07) is 10.8. The first-order valence-electron chi connectivity index (χ1n) is 5.83. The highest BCUT2D eigenvalue weighted by Gasteiger charge is 2.13. The Balaban J connectivity index is 1.98. The number of ether oxygens (including phenoxy) is 1. The van der Waals surface area contributed by atoms with Crippen molar-refractivity contribution in [3.05, 3.63) is 52.6 Å². The van der Waals surface area contributed by atoms with E-state index in [2.05, 4.69) is 4.98 Å². The molecule has 4 nitrogen and oxygen atoms in total. The first-order chi connectivity index (χ1) is 9.58. The van der Waals surface area contributed by atoms with Gasteiger partial charge in [0, 0.05) is 18.9 Å². The Kier molecular flexibility index (Phi) is 4.82. The molecular weight excluding hydrogens is 299 g/mol. The van der Waals surface area contributed by atoms with Crippen LogP contribution >= 0.6 is 23.2 Å². The molecule has 0 fully saturated rings. The van der Waals surface area contributed by atoms with E-state index in [4.69, 9.17) is 27.9 Å². The van der Waals surface area contributed by atoms with Crippen LogP contribution in [0.2, 0.25) is 10.0 Å². The van der Waals surface area contributed by atoms with Gasteiger partial charge in [0.15, 0.2) is 6.61 Å². The number of benzene rings is 1. The van der Waals surface area contributed by atoms with Gasteiger partial charge in [-0.1, -0.05) is 41.4 Å². The van der Waals surface area contributed by atoms with Gasteiger partial charge < -0.3 is 9.64 Å². The summed E-state index contributed by atoms with van der Waals surface area (Å²) >= 11 is 11.6. The van der Waals surface area contributed by atoms with Crippen molar-refractivity contribution < 1.29 is 9.53 Å². The van der Waals surface area contributed by atoms with Crippen molar-refractivity contribution in [3.8, 4) is 5.88 Å². The number of carbonyl (C=O) groups excluding carboxylic acids is 1. The van der Waals surface area contributed by atoms with Gasteiger partial charge in [0.25, 0.3) is 5.91 Å². The van der Waals surface area contributed by atoms with E-state index in [1.165, 1.54) is 17.2 Å². The smallest absolute Gasteiger partial charge is 0.264 e. The lowest BCUT2D eigenvalue weighted by Gasteiger charge is -2.17.